The Hall–Kier alpha value is -2.15. The van der Waals surface area contributed by atoms with Gasteiger partial charge in [0.15, 0.2) is 0 Å². The van der Waals surface area contributed by atoms with Gasteiger partial charge >= 0.3 is 5.97 Å². The lowest BCUT2D eigenvalue weighted by molar-refractivity contribution is -0.385. The lowest BCUT2D eigenvalue weighted by Gasteiger charge is -2.34. The summed E-state index contributed by atoms with van der Waals surface area (Å²) in [7, 11) is 2.09. The molecule has 0 atom stereocenters. The minimum absolute atomic E-state index is 0.00810. The van der Waals surface area contributed by atoms with Crippen LogP contribution in [0.3, 0.4) is 0 Å². The first kappa shape index (κ1) is 25.1. The van der Waals surface area contributed by atoms with Gasteiger partial charge < -0.3 is 14.5 Å². The third-order valence-corrected chi connectivity index (χ3v) is 6.00. The molecule has 2 rings (SSSR count). The second-order valence-corrected chi connectivity index (χ2v) is 8.60. The van der Waals surface area contributed by atoms with Gasteiger partial charge in [-0.05, 0) is 25.6 Å². The van der Waals surface area contributed by atoms with Crippen molar-refractivity contribution >= 4 is 17.3 Å². The van der Waals surface area contributed by atoms with Gasteiger partial charge in [-0.25, -0.2) is 0 Å². The molecule has 1 fully saturated rings. The van der Waals surface area contributed by atoms with Gasteiger partial charge in [-0.1, -0.05) is 58.3 Å². The van der Waals surface area contributed by atoms with Crippen LogP contribution in [-0.2, 0) is 16.1 Å². The van der Waals surface area contributed by atoms with E-state index in [1.165, 1.54) is 44.6 Å². The van der Waals surface area contributed by atoms with Crippen molar-refractivity contribution in [3.05, 3.63) is 33.9 Å². The van der Waals surface area contributed by atoms with Gasteiger partial charge in [-0.15, -0.1) is 0 Å². The number of rotatable bonds is 14. The van der Waals surface area contributed by atoms with E-state index in [0.717, 1.165) is 51.1 Å². The van der Waals surface area contributed by atoms with Crippen molar-refractivity contribution in [2.24, 2.45) is 0 Å². The quantitative estimate of drug-likeness (QED) is 0.171. The van der Waals surface area contributed by atoms with Crippen molar-refractivity contribution < 1.29 is 14.5 Å². The number of likely N-dealkylation sites (N-methyl/N-ethyl adjacent to an activating group) is 1. The van der Waals surface area contributed by atoms with E-state index >= 15 is 0 Å². The minimum atomic E-state index is -0.405. The van der Waals surface area contributed by atoms with E-state index in [2.05, 4.69) is 23.8 Å². The Morgan fingerprint density at radius 3 is 2.23 bits per heavy atom. The van der Waals surface area contributed by atoms with Crippen LogP contribution in [0.25, 0.3) is 0 Å². The Bertz CT molecular complexity index is 687. The Labute approximate surface area is 186 Å². The van der Waals surface area contributed by atoms with Gasteiger partial charge in [0.1, 0.15) is 6.61 Å². The van der Waals surface area contributed by atoms with Crippen molar-refractivity contribution in [2.75, 3.05) is 38.1 Å². The molecule has 0 spiro atoms. The first-order valence-electron chi connectivity index (χ1n) is 11.9. The number of benzene rings is 1. The number of carbonyl (C=O) groups is 1. The number of anilines is 1. The summed E-state index contributed by atoms with van der Waals surface area (Å²) in [6, 6.07) is 5.11. The molecule has 7 nitrogen and oxygen atoms in total. The number of esters is 1. The van der Waals surface area contributed by atoms with Crippen molar-refractivity contribution in [3.8, 4) is 0 Å². The molecule has 0 unspecified atom stereocenters. The van der Waals surface area contributed by atoms with E-state index in [-0.39, 0.29) is 18.3 Å². The van der Waals surface area contributed by atoms with E-state index < -0.39 is 4.92 Å². The molecule has 1 aromatic carbocycles. The lowest BCUT2D eigenvalue weighted by Crippen LogP contribution is -2.44. The van der Waals surface area contributed by atoms with Crippen molar-refractivity contribution in [2.45, 2.75) is 77.7 Å². The van der Waals surface area contributed by atoms with Crippen LogP contribution >= 0.6 is 0 Å². The largest absolute Gasteiger partial charge is 0.461 e. The van der Waals surface area contributed by atoms with E-state index in [0.29, 0.717) is 12.0 Å². The van der Waals surface area contributed by atoms with Crippen LogP contribution in [0, 0.1) is 10.1 Å². The third kappa shape index (κ3) is 9.25. The summed E-state index contributed by atoms with van der Waals surface area (Å²) < 4.78 is 5.38. The standard InChI is InChI=1S/C24H39N3O4/c1-3-4-5-6-7-8-9-10-11-12-24(28)31-20-21-19-22(13-14-23(21)27(29)30)26-17-15-25(2)16-18-26/h13-14,19H,3-12,15-18,20H2,1-2H3. The molecule has 1 saturated heterocycles. The highest BCUT2D eigenvalue weighted by atomic mass is 16.6. The topological polar surface area (TPSA) is 75.9 Å². The number of piperazine rings is 1. The lowest BCUT2D eigenvalue weighted by atomic mass is 10.1. The molecular formula is C24H39N3O4. The van der Waals surface area contributed by atoms with Crippen LogP contribution in [0.1, 0.15) is 76.7 Å². The first-order valence-corrected chi connectivity index (χ1v) is 11.9. The average molecular weight is 434 g/mol. The number of nitro groups is 1. The zero-order chi connectivity index (χ0) is 22.5. The van der Waals surface area contributed by atoms with Gasteiger partial charge in [-0.3, -0.25) is 14.9 Å². The fraction of sp³-hybridized carbons (Fsp3) is 0.708. The molecule has 0 aromatic heterocycles. The molecule has 174 valence electrons. The monoisotopic (exact) mass is 433 g/mol. The van der Waals surface area contributed by atoms with Crippen LogP contribution in [0.2, 0.25) is 0 Å². The number of ether oxygens (including phenoxy) is 1. The molecule has 0 aliphatic carbocycles. The molecule has 31 heavy (non-hydrogen) atoms. The minimum Gasteiger partial charge on any atom is -0.461 e. The molecule has 0 saturated carbocycles. The Morgan fingerprint density at radius 2 is 1.61 bits per heavy atom. The molecular weight excluding hydrogens is 394 g/mol. The number of hydrogen-bond donors (Lipinski definition) is 0. The van der Waals surface area contributed by atoms with Gasteiger partial charge in [0.05, 0.1) is 10.5 Å². The van der Waals surface area contributed by atoms with Crippen LogP contribution in [0.15, 0.2) is 18.2 Å². The number of unbranched alkanes of at least 4 members (excludes halogenated alkanes) is 8. The zero-order valence-electron chi connectivity index (χ0n) is 19.3. The Kier molecular flexibility index (Phi) is 11.4. The zero-order valence-corrected chi connectivity index (χ0v) is 19.3. The maximum atomic E-state index is 12.1. The maximum Gasteiger partial charge on any atom is 0.306 e. The average Bonchev–Trinajstić information content (AvgIpc) is 2.76. The van der Waals surface area contributed by atoms with E-state index in [1.54, 1.807) is 12.1 Å². The molecule has 7 heteroatoms. The second-order valence-electron chi connectivity index (χ2n) is 8.60. The summed E-state index contributed by atoms with van der Waals surface area (Å²) in [4.78, 5) is 27.6. The second kappa shape index (κ2) is 14.0. The molecule has 1 aliphatic heterocycles. The van der Waals surface area contributed by atoms with E-state index in [1.807, 2.05) is 0 Å². The predicted molar refractivity (Wildman–Crippen MR) is 124 cm³/mol. The molecule has 1 aromatic rings. The summed E-state index contributed by atoms with van der Waals surface area (Å²) in [6.07, 6.45) is 11.1. The van der Waals surface area contributed by atoms with Gasteiger partial charge in [-0.2, -0.15) is 0 Å². The summed E-state index contributed by atoms with van der Waals surface area (Å²) in [5.74, 6) is -0.276. The Balaban J connectivity index is 1.74. The van der Waals surface area contributed by atoms with Gasteiger partial charge in [0.2, 0.25) is 0 Å². The third-order valence-electron chi connectivity index (χ3n) is 6.00. The summed E-state index contributed by atoms with van der Waals surface area (Å²) >= 11 is 0. The first-order chi connectivity index (χ1) is 15.0. The molecule has 0 amide bonds. The van der Waals surface area contributed by atoms with Gasteiger partial charge in [0.25, 0.3) is 5.69 Å². The molecule has 0 bridgehead atoms. The summed E-state index contributed by atoms with van der Waals surface area (Å²) in [6.45, 7) is 5.86. The van der Waals surface area contributed by atoms with Crippen LogP contribution in [-0.4, -0.2) is 49.0 Å². The fourth-order valence-corrected chi connectivity index (χ4v) is 3.94. The number of hydrogen-bond acceptors (Lipinski definition) is 6. The molecule has 0 radical (unpaired) electrons. The number of nitro benzene ring substituents is 1. The predicted octanol–water partition coefficient (Wildman–Crippen LogP) is 5.31. The number of carbonyl (C=O) groups excluding carboxylic acids is 1. The maximum absolute atomic E-state index is 12.1. The summed E-state index contributed by atoms with van der Waals surface area (Å²) in [5.41, 5.74) is 1.42. The highest BCUT2D eigenvalue weighted by Gasteiger charge is 2.20. The molecule has 1 aliphatic rings. The van der Waals surface area contributed by atoms with Gasteiger partial charge in [0, 0.05) is 44.4 Å². The van der Waals surface area contributed by atoms with Crippen LogP contribution in [0.4, 0.5) is 11.4 Å². The van der Waals surface area contributed by atoms with E-state index in [4.69, 9.17) is 4.74 Å². The van der Waals surface area contributed by atoms with Crippen molar-refractivity contribution in [1.29, 1.82) is 0 Å². The normalized spacial score (nSPS) is 14.6. The number of nitrogens with zero attached hydrogens (tertiary/aromatic N) is 3. The van der Waals surface area contributed by atoms with Crippen molar-refractivity contribution in [3.63, 3.8) is 0 Å². The Morgan fingerprint density at radius 1 is 1.00 bits per heavy atom. The smallest absolute Gasteiger partial charge is 0.306 e. The van der Waals surface area contributed by atoms with E-state index in [9.17, 15) is 14.9 Å². The van der Waals surface area contributed by atoms with Crippen LogP contribution in [0.5, 0.6) is 0 Å². The SMILES string of the molecule is CCCCCCCCCCCC(=O)OCc1cc(N2CCN(C)CC2)ccc1[N+](=O)[O-]. The highest BCUT2D eigenvalue weighted by molar-refractivity contribution is 5.69. The fourth-order valence-electron chi connectivity index (χ4n) is 3.94. The molecule has 0 N–H and O–H groups in total. The summed E-state index contributed by atoms with van der Waals surface area (Å²) in [5, 5.41) is 11.4. The van der Waals surface area contributed by atoms with Crippen molar-refractivity contribution in [1.82, 2.24) is 4.90 Å². The van der Waals surface area contributed by atoms with Crippen LogP contribution < -0.4 is 4.90 Å². The highest BCUT2D eigenvalue weighted by Crippen LogP contribution is 2.26. The molecule has 1 heterocycles.